The van der Waals surface area contributed by atoms with E-state index in [9.17, 15) is 5.11 Å². The zero-order valence-corrected chi connectivity index (χ0v) is 18.8. The molecular formula is C29H35NO2. The highest BCUT2D eigenvalue weighted by atomic mass is 16.5. The van der Waals surface area contributed by atoms with Gasteiger partial charge in [0.1, 0.15) is 12.4 Å². The smallest absolute Gasteiger partial charge is 0.119 e. The molecular weight excluding hydrogens is 394 g/mol. The van der Waals surface area contributed by atoms with Crippen LogP contribution in [0.25, 0.3) is 0 Å². The number of nitrogens with one attached hydrogen (secondary N) is 1. The summed E-state index contributed by atoms with van der Waals surface area (Å²) in [6.45, 7) is 1.78. The second-order valence-corrected chi connectivity index (χ2v) is 8.92. The summed E-state index contributed by atoms with van der Waals surface area (Å²) in [7, 11) is 0. The van der Waals surface area contributed by atoms with Gasteiger partial charge in [0.05, 0.1) is 0 Å². The third-order valence-electron chi connectivity index (χ3n) is 6.74. The zero-order valence-electron chi connectivity index (χ0n) is 18.8. The van der Waals surface area contributed by atoms with Gasteiger partial charge in [0.25, 0.3) is 0 Å². The van der Waals surface area contributed by atoms with Crippen molar-refractivity contribution in [2.75, 3.05) is 13.2 Å². The summed E-state index contributed by atoms with van der Waals surface area (Å²) in [5.41, 5.74) is 3.85. The summed E-state index contributed by atoms with van der Waals surface area (Å²) in [5, 5.41) is 13.5. The van der Waals surface area contributed by atoms with Crippen LogP contribution in [-0.2, 0) is 6.61 Å². The van der Waals surface area contributed by atoms with Gasteiger partial charge >= 0.3 is 0 Å². The van der Waals surface area contributed by atoms with E-state index in [1.54, 1.807) is 0 Å². The van der Waals surface area contributed by atoms with E-state index in [4.69, 9.17) is 4.74 Å². The molecule has 3 aromatic carbocycles. The van der Waals surface area contributed by atoms with Crippen LogP contribution in [0.3, 0.4) is 0 Å². The number of hydrogen-bond donors (Lipinski definition) is 2. The normalized spacial score (nSPS) is 19.4. The van der Waals surface area contributed by atoms with Crippen LogP contribution < -0.4 is 10.1 Å². The van der Waals surface area contributed by atoms with Crippen molar-refractivity contribution in [2.45, 2.75) is 56.6 Å². The Kier molecular flexibility index (Phi) is 8.35. The molecule has 1 fully saturated rings. The predicted octanol–water partition coefficient (Wildman–Crippen LogP) is 6.05. The van der Waals surface area contributed by atoms with E-state index < -0.39 is 0 Å². The third kappa shape index (κ3) is 6.44. The number of hydrogen-bond acceptors (Lipinski definition) is 3. The summed E-state index contributed by atoms with van der Waals surface area (Å²) in [6, 6.07) is 29.9. The van der Waals surface area contributed by atoms with Gasteiger partial charge < -0.3 is 15.2 Å². The van der Waals surface area contributed by atoms with E-state index in [0.717, 1.165) is 18.7 Å². The largest absolute Gasteiger partial charge is 0.489 e. The summed E-state index contributed by atoms with van der Waals surface area (Å²) in [5.74, 6) is 1.80. The Morgan fingerprint density at radius 1 is 0.812 bits per heavy atom. The quantitative estimate of drug-likeness (QED) is 0.412. The number of aliphatic hydroxyl groups is 1. The summed E-state index contributed by atoms with van der Waals surface area (Å²) in [4.78, 5) is 0. The Morgan fingerprint density at radius 2 is 1.47 bits per heavy atom. The molecule has 4 rings (SSSR count). The molecule has 168 valence electrons. The lowest BCUT2D eigenvalue weighted by Crippen LogP contribution is -2.34. The van der Waals surface area contributed by atoms with Crippen LogP contribution in [0.4, 0.5) is 0 Å². The third-order valence-corrected chi connectivity index (χ3v) is 6.74. The van der Waals surface area contributed by atoms with Gasteiger partial charge in [-0.05, 0) is 73.4 Å². The molecule has 1 saturated carbocycles. The lowest BCUT2D eigenvalue weighted by molar-refractivity contribution is 0.254. The van der Waals surface area contributed by atoms with E-state index in [-0.39, 0.29) is 12.5 Å². The molecule has 0 aliphatic heterocycles. The molecule has 0 bridgehead atoms. The van der Waals surface area contributed by atoms with Crippen LogP contribution in [0, 0.1) is 0 Å². The lowest BCUT2D eigenvalue weighted by Gasteiger charge is -2.30. The Hall–Kier alpha value is -2.62. The van der Waals surface area contributed by atoms with E-state index in [2.05, 4.69) is 66.0 Å². The Bertz CT molecular complexity index is 903. The van der Waals surface area contributed by atoms with Crippen molar-refractivity contribution in [2.24, 2.45) is 0 Å². The molecule has 0 aromatic heterocycles. The molecule has 3 aromatic rings. The molecule has 1 aliphatic rings. The predicted molar refractivity (Wildman–Crippen MR) is 131 cm³/mol. The fourth-order valence-corrected chi connectivity index (χ4v) is 4.76. The van der Waals surface area contributed by atoms with Gasteiger partial charge in [0.2, 0.25) is 0 Å². The maximum Gasteiger partial charge on any atom is 0.119 e. The van der Waals surface area contributed by atoms with Gasteiger partial charge in [0.15, 0.2) is 0 Å². The monoisotopic (exact) mass is 429 g/mol. The molecule has 3 nitrogen and oxygen atoms in total. The van der Waals surface area contributed by atoms with Crippen LogP contribution >= 0.6 is 0 Å². The minimum Gasteiger partial charge on any atom is -0.489 e. The van der Waals surface area contributed by atoms with Crippen LogP contribution in [0.5, 0.6) is 5.75 Å². The van der Waals surface area contributed by atoms with Crippen LogP contribution in [0.2, 0.25) is 0 Å². The minimum atomic E-state index is 0.212. The van der Waals surface area contributed by atoms with Gasteiger partial charge in [-0.2, -0.15) is 0 Å². The van der Waals surface area contributed by atoms with Crippen molar-refractivity contribution in [1.82, 2.24) is 5.32 Å². The van der Waals surface area contributed by atoms with Crippen LogP contribution in [0.1, 0.15) is 60.6 Å². The minimum absolute atomic E-state index is 0.212. The van der Waals surface area contributed by atoms with E-state index in [1.807, 2.05) is 24.3 Å². The molecule has 2 N–H and O–H groups in total. The van der Waals surface area contributed by atoms with Crippen molar-refractivity contribution < 1.29 is 9.84 Å². The maximum absolute atomic E-state index is 9.75. The van der Waals surface area contributed by atoms with E-state index in [1.165, 1.54) is 42.4 Å². The first-order valence-electron chi connectivity index (χ1n) is 12.0. The fraction of sp³-hybridized carbons (Fsp3) is 0.379. The van der Waals surface area contributed by atoms with Crippen LogP contribution in [-0.4, -0.2) is 24.3 Å². The van der Waals surface area contributed by atoms with Crippen molar-refractivity contribution in [3.8, 4) is 5.75 Å². The zero-order chi connectivity index (χ0) is 22.0. The number of ether oxygens (including phenoxy) is 1. The lowest BCUT2D eigenvalue weighted by atomic mass is 9.81. The first kappa shape index (κ1) is 22.6. The molecule has 0 spiro atoms. The van der Waals surface area contributed by atoms with E-state index >= 15 is 0 Å². The van der Waals surface area contributed by atoms with Crippen molar-refractivity contribution in [3.05, 3.63) is 102 Å². The Labute approximate surface area is 192 Å². The highest BCUT2D eigenvalue weighted by Crippen LogP contribution is 2.34. The van der Waals surface area contributed by atoms with Gasteiger partial charge in [-0.25, -0.2) is 0 Å². The highest BCUT2D eigenvalue weighted by Gasteiger charge is 2.22. The standard InChI is InChI=1S/C29H35NO2/c31-21-27(24-9-5-2-6-10-24)19-20-30-28-15-11-25(12-16-28)26-13-17-29(18-14-26)32-22-23-7-3-1-4-8-23/h1-10,13-14,17-18,25,27-28,30-31H,11-12,15-16,19-22H2/t25-,27?,28+. The van der Waals surface area contributed by atoms with Crippen molar-refractivity contribution >= 4 is 0 Å². The van der Waals surface area contributed by atoms with Crippen LogP contribution in [0.15, 0.2) is 84.9 Å². The topological polar surface area (TPSA) is 41.5 Å². The number of rotatable bonds is 10. The average Bonchev–Trinajstić information content (AvgIpc) is 2.87. The Morgan fingerprint density at radius 3 is 2.12 bits per heavy atom. The van der Waals surface area contributed by atoms with Gasteiger partial charge in [-0.15, -0.1) is 0 Å². The molecule has 1 unspecified atom stereocenters. The fourth-order valence-electron chi connectivity index (χ4n) is 4.76. The summed E-state index contributed by atoms with van der Waals surface area (Å²) < 4.78 is 5.93. The highest BCUT2D eigenvalue weighted by molar-refractivity contribution is 5.30. The first-order valence-corrected chi connectivity index (χ1v) is 12.0. The molecule has 3 heteroatoms. The average molecular weight is 430 g/mol. The van der Waals surface area contributed by atoms with Gasteiger partial charge in [0, 0.05) is 18.6 Å². The second-order valence-electron chi connectivity index (χ2n) is 8.92. The molecule has 0 amide bonds. The van der Waals surface area contributed by atoms with Gasteiger partial charge in [-0.1, -0.05) is 72.8 Å². The van der Waals surface area contributed by atoms with Crippen molar-refractivity contribution in [3.63, 3.8) is 0 Å². The van der Waals surface area contributed by atoms with E-state index in [0.29, 0.717) is 18.6 Å². The van der Waals surface area contributed by atoms with Crippen molar-refractivity contribution in [1.29, 1.82) is 0 Å². The molecule has 0 radical (unpaired) electrons. The maximum atomic E-state index is 9.75. The molecule has 0 saturated heterocycles. The molecule has 1 atom stereocenters. The molecule has 1 aliphatic carbocycles. The second kappa shape index (κ2) is 11.8. The summed E-state index contributed by atoms with van der Waals surface area (Å²) >= 11 is 0. The molecule has 32 heavy (non-hydrogen) atoms. The summed E-state index contributed by atoms with van der Waals surface area (Å²) in [6.07, 6.45) is 5.86. The Balaban J connectivity index is 1.18. The SMILES string of the molecule is OCC(CCN[C@H]1CC[C@@H](c2ccc(OCc3ccccc3)cc2)CC1)c1ccccc1. The number of aliphatic hydroxyl groups excluding tert-OH is 1. The molecule has 0 heterocycles. The van der Waals surface area contributed by atoms with Gasteiger partial charge in [-0.3, -0.25) is 0 Å². The first-order chi connectivity index (χ1) is 15.8. The number of benzene rings is 3.